The fraction of sp³-hybridized carbons (Fsp3) is 0.667. The van der Waals surface area contributed by atoms with E-state index >= 15 is 0 Å². The number of hydrogen-bond acceptors (Lipinski definition) is 4. The molecule has 0 radical (unpaired) electrons. The van der Waals surface area contributed by atoms with Crippen LogP contribution in [0.5, 0.6) is 0 Å². The van der Waals surface area contributed by atoms with Crippen molar-refractivity contribution >= 4 is 28.7 Å². The molecule has 0 aliphatic carbocycles. The first-order valence-electron chi connectivity index (χ1n) is 7.29. The van der Waals surface area contributed by atoms with Gasteiger partial charge in [-0.05, 0) is 68.3 Å². The molecular weight excluding hydrogens is 383 g/mol. The van der Waals surface area contributed by atoms with Gasteiger partial charge in [-0.1, -0.05) is 0 Å². The summed E-state index contributed by atoms with van der Waals surface area (Å²) in [6, 6.07) is 4.37. The Hall–Kier alpha value is -0.760. The minimum Gasteiger partial charge on any atom is -0.454 e. The fourth-order valence-corrected chi connectivity index (χ4v) is 2.75. The molecule has 0 unspecified atom stereocenters. The number of furan rings is 1. The van der Waals surface area contributed by atoms with Crippen molar-refractivity contribution in [2.45, 2.75) is 51.8 Å². The van der Waals surface area contributed by atoms with Gasteiger partial charge in [0, 0.05) is 19.1 Å². The molecule has 21 heavy (non-hydrogen) atoms. The van der Waals surface area contributed by atoms with Gasteiger partial charge < -0.3 is 19.4 Å². The molecule has 1 fully saturated rings. The van der Waals surface area contributed by atoms with Gasteiger partial charge in [-0.3, -0.25) is 0 Å². The molecule has 5 nitrogen and oxygen atoms in total. The standard InChI is InChI=1S/C15H23IN2O3/c1-15(2,3)21-14(19)18-8-6-11(7-9-18)17-10-12-4-5-13(16)20-12/h4-5,11,17H,6-10H2,1-3H3. The number of halogens is 1. The summed E-state index contributed by atoms with van der Waals surface area (Å²) in [7, 11) is 0. The highest BCUT2D eigenvalue weighted by molar-refractivity contribution is 14.1. The molecule has 0 bridgehead atoms. The van der Waals surface area contributed by atoms with Crippen molar-refractivity contribution in [3.8, 4) is 0 Å². The van der Waals surface area contributed by atoms with E-state index in [0.717, 1.165) is 42.0 Å². The van der Waals surface area contributed by atoms with Crippen LogP contribution in [0.1, 0.15) is 39.4 Å². The van der Waals surface area contributed by atoms with Crippen molar-refractivity contribution in [1.29, 1.82) is 0 Å². The number of carbonyl (C=O) groups is 1. The van der Waals surface area contributed by atoms with Crippen molar-refractivity contribution in [2.24, 2.45) is 0 Å². The molecule has 1 saturated heterocycles. The molecule has 0 aromatic carbocycles. The van der Waals surface area contributed by atoms with E-state index in [2.05, 4.69) is 27.9 Å². The van der Waals surface area contributed by atoms with Gasteiger partial charge in [-0.15, -0.1) is 0 Å². The molecular formula is C15H23IN2O3. The molecule has 118 valence electrons. The maximum absolute atomic E-state index is 12.0. The quantitative estimate of drug-likeness (QED) is 0.783. The molecule has 1 aromatic rings. The predicted molar refractivity (Wildman–Crippen MR) is 89.1 cm³/mol. The second-order valence-corrected chi connectivity index (χ2v) is 7.39. The molecule has 1 aliphatic heterocycles. The Kier molecular flexibility index (Phi) is 5.54. The van der Waals surface area contributed by atoms with Crippen LogP contribution in [-0.4, -0.2) is 35.7 Å². The number of likely N-dealkylation sites (tertiary alicyclic amines) is 1. The summed E-state index contributed by atoms with van der Waals surface area (Å²) in [5, 5.41) is 3.48. The maximum atomic E-state index is 12.0. The zero-order chi connectivity index (χ0) is 15.5. The van der Waals surface area contributed by atoms with E-state index in [1.807, 2.05) is 32.9 Å². The van der Waals surface area contributed by atoms with Crippen LogP contribution >= 0.6 is 22.6 Å². The van der Waals surface area contributed by atoms with Crippen molar-refractivity contribution in [3.63, 3.8) is 0 Å². The van der Waals surface area contributed by atoms with E-state index in [9.17, 15) is 4.79 Å². The predicted octanol–water partition coefficient (Wildman–Crippen LogP) is 3.37. The van der Waals surface area contributed by atoms with Gasteiger partial charge in [-0.2, -0.15) is 0 Å². The molecule has 0 spiro atoms. The largest absolute Gasteiger partial charge is 0.454 e. The van der Waals surface area contributed by atoms with Crippen LogP contribution in [0.15, 0.2) is 16.5 Å². The monoisotopic (exact) mass is 406 g/mol. The first-order chi connectivity index (χ1) is 9.83. The zero-order valence-corrected chi connectivity index (χ0v) is 15.0. The molecule has 0 saturated carbocycles. The maximum Gasteiger partial charge on any atom is 0.410 e. The van der Waals surface area contributed by atoms with Gasteiger partial charge in [0.2, 0.25) is 0 Å². The van der Waals surface area contributed by atoms with Gasteiger partial charge >= 0.3 is 6.09 Å². The Labute approximate surface area is 139 Å². The highest BCUT2D eigenvalue weighted by Crippen LogP contribution is 2.16. The summed E-state index contributed by atoms with van der Waals surface area (Å²) >= 11 is 2.16. The molecule has 1 aromatic heterocycles. The number of nitrogens with one attached hydrogen (secondary N) is 1. The number of carbonyl (C=O) groups excluding carboxylic acids is 1. The van der Waals surface area contributed by atoms with Gasteiger partial charge in [0.15, 0.2) is 3.77 Å². The van der Waals surface area contributed by atoms with Gasteiger partial charge in [0.25, 0.3) is 0 Å². The molecule has 2 heterocycles. The smallest absolute Gasteiger partial charge is 0.410 e. The number of rotatable bonds is 3. The third-order valence-corrected chi connectivity index (χ3v) is 3.92. The minimum absolute atomic E-state index is 0.207. The van der Waals surface area contributed by atoms with E-state index in [0.29, 0.717) is 6.04 Å². The topological polar surface area (TPSA) is 54.7 Å². The van der Waals surface area contributed by atoms with Crippen LogP contribution in [0.2, 0.25) is 0 Å². The fourth-order valence-electron chi connectivity index (χ4n) is 2.28. The average molecular weight is 406 g/mol. The highest BCUT2D eigenvalue weighted by atomic mass is 127. The van der Waals surface area contributed by atoms with E-state index in [1.54, 1.807) is 4.90 Å². The van der Waals surface area contributed by atoms with Gasteiger partial charge in [0.1, 0.15) is 11.4 Å². The Morgan fingerprint density at radius 3 is 2.62 bits per heavy atom. The normalized spacial score (nSPS) is 17.0. The molecule has 1 aliphatic rings. The van der Waals surface area contributed by atoms with E-state index in [1.165, 1.54) is 0 Å². The lowest BCUT2D eigenvalue weighted by molar-refractivity contribution is 0.0197. The SMILES string of the molecule is CC(C)(C)OC(=O)N1CCC(NCc2ccc(I)o2)CC1. The number of nitrogens with zero attached hydrogens (tertiary/aromatic N) is 1. The average Bonchev–Trinajstić information content (AvgIpc) is 2.81. The number of hydrogen-bond donors (Lipinski definition) is 1. The number of piperidine rings is 1. The molecule has 6 heteroatoms. The summed E-state index contributed by atoms with van der Waals surface area (Å²) < 4.78 is 11.8. The van der Waals surface area contributed by atoms with E-state index in [4.69, 9.17) is 9.15 Å². The van der Waals surface area contributed by atoms with Gasteiger partial charge in [0.05, 0.1) is 6.54 Å². The van der Waals surface area contributed by atoms with E-state index in [-0.39, 0.29) is 6.09 Å². The van der Waals surface area contributed by atoms with Crippen LogP contribution < -0.4 is 5.32 Å². The number of ether oxygens (including phenoxy) is 1. The van der Waals surface area contributed by atoms with Gasteiger partial charge in [-0.25, -0.2) is 4.79 Å². The Morgan fingerprint density at radius 2 is 2.10 bits per heavy atom. The lowest BCUT2D eigenvalue weighted by Gasteiger charge is -2.33. The summed E-state index contributed by atoms with van der Waals surface area (Å²) in [5.74, 6) is 0.953. The van der Waals surface area contributed by atoms with Crippen LogP contribution in [0.4, 0.5) is 4.79 Å². The third-order valence-electron chi connectivity index (χ3n) is 3.34. The Balaban J connectivity index is 1.72. The minimum atomic E-state index is -0.428. The molecule has 1 N–H and O–H groups in total. The lowest BCUT2D eigenvalue weighted by Crippen LogP contribution is -2.46. The first kappa shape index (κ1) is 16.6. The summed E-state index contributed by atoms with van der Waals surface area (Å²) in [4.78, 5) is 13.8. The van der Waals surface area contributed by atoms with E-state index < -0.39 is 5.60 Å². The second kappa shape index (κ2) is 7.00. The highest BCUT2D eigenvalue weighted by Gasteiger charge is 2.26. The molecule has 1 amide bonds. The third kappa shape index (κ3) is 5.50. The van der Waals surface area contributed by atoms with Crippen LogP contribution in [-0.2, 0) is 11.3 Å². The van der Waals surface area contributed by atoms with Crippen molar-refractivity contribution in [2.75, 3.05) is 13.1 Å². The van der Waals surface area contributed by atoms with Crippen molar-refractivity contribution in [1.82, 2.24) is 10.2 Å². The van der Waals surface area contributed by atoms with Crippen molar-refractivity contribution in [3.05, 3.63) is 21.7 Å². The zero-order valence-electron chi connectivity index (χ0n) is 12.8. The lowest BCUT2D eigenvalue weighted by atomic mass is 10.1. The summed E-state index contributed by atoms with van der Waals surface area (Å²) in [6.45, 7) is 7.89. The van der Waals surface area contributed by atoms with Crippen molar-refractivity contribution < 1.29 is 13.9 Å². The van der Waals surface area contributed by atoms with Crippen LogP contribution in [0, 0.1) is 3.77 Å². The molecule has 2 rings (SSSR count). The van der Waals surface area contributed by atoms with Crippen LogP contribution in [0.3, 0.4) is 0 Å². The summed E-state index contributed by atoms with van der Waals surface area (Å²) in [5.41, 5.74) is -0.428. The molecule has 0 atom stereocenters. The van der Waals surface area contributed by atoms with Crippen LogP contribution in [0.25, 0.3) is 0 Å². The Bertz CT molecular complexity index is 474. The second-order valence-electron chi connectivity index (χ2n) is 6.33. The Morgan fingerprint density at radius 1 is 1.43 bits per heavy atom. The number of amides is 1. The summed E-state index contributed by atoms with van der Waals surface area (Å²) in [6.07, 6.45) is 1.68. The first-order valence-corrected chi connectivity index (χ1v) is 8.37.